The minimum absolute atomic E-state index is 0.139. The average Bonchev–Trinajstić information content (AvgIpc) is 2.84. The maximum Gasteiger partial charge on any atom is 0.319 e. The molecule has 0 bridgehead atoms. The number of fused-ring (bicyclic) bond motifs is 2. The Balaban J connectivity index is 0.000000192. The summed E-state index contributed by atoms with van der Waals surface area (Å²) < 4.78 is 0. The van der Waals surface area contributed by atoms with E-state index in [4.69, 9.17) is 5.73 Å². The lowest BCUT2D eigenvalue weighted by Crippen LogP contribution is -2.28. The topological polar surface area (TPSA) is 159 Å². The van der Waals surface area contributed by atoms with Gasteiger partial charge in [-0.3, -0.25) is 9.59 Å². The second-order valence-electron chi connectivity index (χ2n) is 7.27. The molecule has 5 aromatic rings. The highest BCUT2D eigenvalue weighted by Gasteiger charge is 2.05. The molecule has 2 amide bonds. The van der Waals surface area contributed by atoms with E-state index in [9.17, 15) is 14.4 Å². The van der Waals surface area contributed by atoms with Crippen molar-refractivity contribution in [2.45, 2.75) is 6.54 Å². The number of nitrogens with zero attached hydrogens (tertiary/aromatic N) is 2. The van der Waals surface area contributed by atoms with Gasteiger partial charge in [0.2, 0.25) is 0 Å². The van der Waals surface area contributed by atoms with E-state index in [2.05, 4.69) is 30.6 Å². The fourth-order valence-electron chi connectivity index (χ4n) is 3.19. The molecular weight excluding hydrogens is 434 g/mol. The SMILES string of the molecule is Nc1ccc2c(=O)[nH]cnc2c1.O=C(NCc1ccccc1)Nc1ccc2c(=O)[nH]cnc2c1. The Morgan fingerprint density at radius 3 is 2.12 bits per heavy atom. The number of aromatic amines is 2. The molecule has 0 aliphatic rings. The van der Waals surface area contributed by atoms with Crippen LogP contribution in [0.3, 0.4) is 0 Å². The van der Waals surface area contributed by atoms with Crippen LogP contribution in [0.5, 0.6) is 0 Å². The van der Waals surface area contributed by atoms with Gasteiger partial charge in [0, 0.05) is 17.9 Å². The molecular formula is C24H21N7O3. The highest BCUT2D eigenvalue weighted by atomic mass is 16.2. The molecule has 2 aromatic heterocycles. The summed E-state index contributed by atoms with van der Waals surface area (Å²) >= 11 is 0. The summed E-state index contributed by atoms with van der Waals surface area (Å²) in [5, 5.41) is 6.54. The number of rotatable bonds is 3. The molecule has 2 heterocycles. The third-order valence-corrected chi connectivity index (χ3v) is 4.86. The van der Waals surface area contributed by atoms with Gasteiger partial charge in [0.15, 0.2) is 0 Å². The van der Waals surface area contributed by atoms with Gasteiger partial charge in [0.25, 0.3) is 11.1 Å². The van der Waals surface area contributed by atoms with E-state index in [1.54, 1.807) is 36.4 Å². The van der Waals surface area contributed by atoms with Gasteiger partial charge < -0.3 is 26.3 Å². The monoisotopic (exact) mass is 455 g/mol. The number of benzene rings is 3. The number of hydrogen-bond donors (Lipinski definition) is 5. The number of aromatic nitrogens is 4. The van der Waals surface area contributed by atoms with Crippen LogP contribution in [-0.2, 0) is 6.54 Å². The zero-order chi connectivity index (χ0) is 23.9. The van der Waals surface area contributed by atoms with Crippen molar-refractivity contribution in [3.05, 3.63) is 106 Å². The second-order valence-corrected chi connectivity index (χ2v) is 7.27. The molecule has 0 unspecified atom stereocenters. The normalized spacial score (nSPS) is 10.4. The highest BCUT2D eigenvalue weighted by Crippen LogP contribution is 2.14. The van der Waals surface area contributed by atoms with Crippen LogP contribution < -0.4 is 27.5 Å². The quantitative estimate of drug-likeness (QED) is 0.263. The fourth-order valence-corrected chi connectivity index (χ4v) is 3.19. The van der Waals surface area contributed by atoms with E-state index in [-0.39, 0.29) is 17.1 Å². The van der Waals surface area contributed by atoms with Crippen LogP contribution in [0, 0.1) is 0 Å². The van der Waals surface area contributed by atoms with Gasteiger partial charge in [-0.1, -0.05) is 30.3 Å². The number of carbonyl (C=O) groups is 1. The lowest BCUT2D eigenvalue weighted by molar-refractivity contribution is 0.251. The number of urea groups is 1. The molecule has 3 aromatic carbocycles. The van der Waals surface area contributed by atoms with E-state index in [0.717, 1.165) is 5.56 Å². The van der Waals surface area contributed by atoms with Crippen molar-refractivity contribution in [1.29, 1.82) is 0 Å². The zero-order valence-electron chi connectivity index (χ0n) is 17.9. The molecule has 34 heavy (non-hydrogen) atoms. The van der Waals surface area contributed by atoms with E-state index >= 15 is 0 Å². The molecule has 170 valence electrons. The molecule has 6 N–H and O–H groups in total. The van der Waals surface area contributed by atoms with Gasteiger partial charge in [-0.15, -0.1) is 0 Å². The molecule has 0 saturated heterocycles. The number of amides is 2. The number of anilines is 2. The smallest absolute Gasteiger partial charge is 0.319 e. The largest absolute Gasteiger partial charge is 0.399 e. The first-order valence-corrected chi connectivity index (χ1v) is 10.3. The van der Waals surface area contributed by atoms with Gasteiger partial charge in [-0.2, -0.15) is 0 Å². The zero-order valence-corrected chi connectivity index (χ0v) is 17.9. The van der Waals surface area contributed by atoms with Crippen LogP contribution in [0.25, 0.3) is 21.8 Å². The number of nitrogens with one attached hydrogen (secondary N) is 4. The number of nitrogen functional groups attached to an aromatic ring is 1. The summed E-state index contributed by atoms with van der Waals surface area (Å²) in [5.74, 6) is 0. The van der Waals surface area contributed by atoms with Gasteiger partial charge in [-0.25, -0.2) is 14.8 Å². The Bertz CT molecular complexity index is 1560. The molecule has 10 nitrogen and oxygen atoms in total. The summed E-state index contributed by atoms with van der Waals surface area (Å²) in [6, 6.07) is 19.3. The first kappa shape index (κ1) is 22.2. The third kappa shape index (κ3) is 5.43. The van der Waals surface area contributed by atoms with Crippen molar-refractivity contribution >= 4 is 39.2 Å². The lowest BCUT2D eigenvalue weighted by atomic mass is 10.2. The average molecular weight is 455 g/mol. The molecule has 0 aliphatic heterocycles. The van der Waals surface area contributed by atoms with Gasteiger partial charge in [0.05, 0.1) is 34.5 Å². The van der Waals surface area contributed by atoms with Crippen LogP contribution in [0.15, 0.2) is 89.0 Å². The maximum atomic E-state index is 11.9. The number of nitrogens with two attached hydrogens (primary N) is 1. The van der Waals surface area contributed by atoms with Crippen LogP contribution in [0.1, 0.15) is 5.56 Å². The summed E-state index contributed by atoms with van der Waals surface area (Å²) in [6.45, 7) is 0.443. The summed E-state index contributed by atoms with van der Waals surface area (Å²) in [4.78, 5) is 47.6. The minimum atomic E-state index is -0.312. The number of H-pyrrole nitrogens is 2. The van der Waals surface area contributed by atoms with Gasteiger partial charge in [-0.05, 0) is 42.0 Å². The van der Waals surface area contributed by atoms with Crippen LogP contribution >= 0.6 is 0 Å². The van der Waals surface area contributed by atoms with Crippen molar-refractivity contribution in [1.82, 2.24) is 25.3 Å². The molecule has 0 atom stereocenters. The number of hydrogen-bond acceptors (Lipinski definition) is 6. The Hall–Kier alpha value is -4.99. The molecule has 0 saturated carbocycles. The predicted octanol–water partition coefficient (Wildman–Crippen LogP) is 2.75. The second kappa shape index (κ2) is 10.1. The Morgan fingerprint density at radius 1 is 0.824 bits per heavy atom. The van der Waals surface area contributed by atoms with Crippen molar-refractivity contribution < 1.29 is 4.79 Å². The first-order chi connectivity index (χ1) is 16.5. The molecule has 0 fully saturated rings. The number of carbonyl (C=O) groups excluding carboxylic acids is 1. The summed E-state index contributed by atoms with van der Waals surface area (Å²) in [7, 11) is 0. The van der Waals surface area contributed by atoms with E-state index in [1.807, 2.05) is 30.3 Å². The van der Waals surface area contributed by atoms with Crippen molar-refractivity contribution in [3.8, 4) is 0 Å². The maximum absolute atomic E-state index is 11.9. The van der Waals surface area contributed by atoms with E-state index in [1.165, 1.54) is 12.7 Å². The van der Waals surface area contributed by atoms with Gasteiger partial charge in [0.1, 0.15) is 0 Å². The van der Waals surface area contributed by atoms with E-state index < -0.39 is 0 Å². The van der Waals surface area contributed by atoms with Crippen LogP contribution in [0.4, 0.5) is 16.2 Å². The van der Waals surface area contributed by atoms with E-state index in [0.29, 0.717) is 39.7 Å². The van der Waals surface area contributed by atoms with Crippen LogP contribution in [-0.4, -0.2) is 26.0 Å². The summed E-state index contributed by atoms with van der Waals surface area (Å²) in [6.07, 6.45) is 2.70. The standard InChI is InChI=1S/C16H14N4O2.C8H7N3O/c21-15-13-7-6-12(8-14(13)18-10-19-15)20-16(22)17-9-11-4-2-1-3-5-11;9-5-1-2-6-7(3-5)10-4-11-8(6)12/h1-8,10H,9H2,(H2,17,20,22)(H,18,19,21);1-4H,9H2,(H,10,11,12). The van der Waals surface area contributed by atoms with Crippen molar-refractivity contribution in [2.75, 3.05) is 11.1 Å². The van der Waals surface area contributed by atoms with Gasteiger partial charge >= 0.3 is 6.03 Å². The minimum Gasteiger partial charge on any atom is -0.399 e. The molecule has 0 aliphatic carbocycles. The fraction of sp³-hybridized carbons (Fsp3) is 0.0417. The lowest BCUT2D eigenvalue weighted by Gasteiger charge is -2.08. The molecule has 10 heteroatoms. The summed E-state index contributed by atoms with van der Waals surface area (Å²) in [5.41, 5.74) is 8.54. The first-order valence-electron chi connectivity index (χ1n) is 10.3. The van der Waals surface area contributed by atoms with Crippen LogP contribution in [0.2, 0.25) is 0 Å². The van der Waals surface area contributed by atoms with Crippen molar-refractivity contribution in [2.24, 2.45) is 0 Å². The molecule has 5 rings (SSSR count). The third-order valence-electron chi connectivity index (χ3n) is 4.86. The predicted molar refractivity (Wildman–Crippen MR) is 131 cm³/mol. The Labute approximate surface area is 192 Å². The Morgan fingerprint density at radius 2 is 1.44 bits per heavy atom. The Kier molecular flexibility index (Phi) is 6.59. The molecule has 0 spiro atoms. The van der Waals surface area contributed by atoms with Crippen molar-refractivity contribution in [3.63, 3.8) is 0 Å². The molecule has 0 radical (unpaired) electrons. The highest BCUT2D eigenvalue weighted by molar-refractivity contribution is 5.92.